The molecule has 1 saturated heterocycles. The molecule has 1 aliphatic heterocycles. The first-order valence-electron chi connectivity index (χ1n) is 6.22. The molecule has 7 nitrogen and oxygen atoms in total. The molecule has 0 saturated carbocycles. The van der Waals surface area contributed by atoms with E-state index in [1.165, 1.54) is 0 Å². The molecule has 1 aliphatic rings. The molecule has 0 unspecified atom stereocenters. The van der Waals surface area contributed by atoms with Crippen LogP contribution in [0.15, 0.2) is 12.3 Å². The Labute approximate surface area is 119 Å². The molecule has 20 heavy (non-hydrogen) atoms. The zero-order valence-corrected chi connectivity index (χ0v) is 12.7. The van der Waals surface area contributed by atoms with Crippen molar-refractivity contribution in [2.45, 2.75) is 13.5 Å². The smallest absolute Gasteiger partial charge is 0.264 e. The van der Waals surface area contributed by atoms with E-state index in [1.807, 2.05) is 4.90 Å². The molecule has 8 heteroatoms. The topological polar surface area (TPSA) is 81.6 Å². The number of hydrogen-bond acceptors (Lipinski definition) is 7. The molecule has 1 fully saturated rings. The van der Waals surface area contributed by atoms with Crippen molar-refractivity contribution in [1.29, 1.82) is 0 Å². The van der Waals surface area contributed by atoms with Crippen LogP contribution in [-0.2, 0) is 25.6 Å². The van der Waals surface area contributed by atoms with Crippen LogP contribution < -0.4 is 4.90 Å². The van der Waals surface area contributed by atoms with E-state index in [9.17, 15) is 8.42 Å². The van der Waals surface area contributed by atoms with Gasteiger partial charge in [-0.15, -0.1) is 0 Å². The largest absolute Gasteiger partial charge is 0.384 e. The van der Waals surface area contributed by atoms with Gasteiger partial charge in [0.1, 0.15) is 6.61 Å². The second-order valence-corrected chi connectivity index (χ2v) is 7.06. The number of hydrogen-bond donors (Lipinski definition) is 0. The van der Waals surface area contributed by atoms with E-state index in [-0.39, 0.29) is 12.0 Å². The third-order valence-corrected chi connectivity index (χ3v) is 3.59. The normalized spacial score (nSPS) is 17.9. The highest BCUT2D eigenvalue weighted by Crippen LogP contribution is 2.32. The summed E-state index contributed by atoms with van der Waals surface area (Å²) in [5.74, 6) is 0.591. The second-order valence-electron chi connectivity index (χ2n) is 5.41. The number of aromatic nitrogens is 2. The predicted octanol–water partition coefficient (Wildman–Crippen LogP) is 0.426. The quantitative estimate of drug-likeness (QED) is 0.704. The lowest BCUT2D eigenvalue weighted by Gasteiger charge is -2.47. The monoisotopic (exact) mass is 301 g/mol. The van der Waals surface area contributed by atoms with Crippen molar-refractivity contribution >= 4 is 16.1 Å². The molecule has 1 aromatic heterocycles. The van der Waals surface area contributed by atoms with Crippen molar-refractivity contribution in [3.8, 4) is 0 Å². The van der Waals surface area contributed by atoms with E-state index < -0.39 is 10.1 Å². The highest BCUT2D eigenvalue weighted by molar-refractivity contribution is 7.85. The average molecular weight is 301 g/mol. The first-order valence-corrected chi connectivity index (χ1v) is 8.03. The van der Waals surface area contributed by atoms with Crippen molar-refractivity contribution in [1.82, 2.24) is 9.97 Å². The summed E-state index contributed by atoms with van der Waals surface area (Å²) in [7, 11) is -1.78. The van der Waals surface area contributed by atoms with Gasteiger partial charge in [0, 0.05) is 31.8 Å². The van der Waals surface area contributed by atoms with Gasteiger partial charge >= 0.3 is 0 Å². The number of nitrogens with zero attached hydrogens (tertiary/aromatic N) is 3. The first kappa shape index (κ1) is 15.1. The van der Waals surface area contributed by atoms with E-state index in [4.69, 9.17) is 8.92 Å². The molecule has 0 bridgehead atoms. The van der Waals surface area contributed by atoms with Crippen LogP contribution in [0.2, 0.25) is 0 Å². The molecule has 0 N–H and O–H groups in total. The van der Waals surface area contributed by atoms with Crippen LogP contribution in [0, 0.1) is 5.41 Å². The maximum absolute atomic E-state index is 11.0. The zero-order valence-electron chi connectivity index (χ0n) is 11.9. The van der Waals surface area contributed by atoms with Gasteiger partial charge < -0.3 is 9.64 Å². The average Bonchev–Trinajstić information content (AvgIpc) is 2.33. The van der Waals surface area contributed by atoms with Gasteiger partial charge in [-0.1, -0.05) is 6.92 Å². The van der Waals surface area contributed by atoms with Gasteiger partial charge in [0.2, 0.25) is 5.95 Å². The number of rotatable bonds is 6. The maximum atomic E-state index is 11.0. The van der Waals surface area contributed by atoms with Gasteiger partial charge in [-0.05, 0) is 6.07 Å². The molecule has 2 heterocycles. The molecule has 0 radical (unpaired) electrons. The Morgan fingerprint density at radius 1 is 1.45 bits per heavy atom. The fourth-order valence-corrected chi connectivity index (χ4v) is 2.58. The van der Waals surface area contributed by atoms with E-state index >= 15 is 0 Å². The van der Waals surface area contributed by atoms with Gasteiger partial charge in [0.25, 0.3) is 10.1 Å². The van der Waals surface area contributed by atoms with Crippen molar-refractivity contribution < 1.29 is 17.3 Å². The third-order valence-electron chi connectivity index (χ3n) is 3.04. The van der Waals surface area contributed by atoms with Crippen LogP contribution in [0.5, 0.6) is 0 Å². The number of anilines is 1. The fourth-order valence-electron chi connectivity index (χ4n) is 2.24. The predicted molar refractivity (Wildman–Crippen MR) is 73.9 cm³/mol. The summed E-state index contributed by atoms with van der Waals surface area (Å²) in [4.78, 5) is 10.5. The van der Waals surface area contributed by atoms with E-state index in [0.717, 1.165) is 19.3 Å². The number of methoxy groups -OCH3 is 1. The summed E-state index contributed by atoms with van der Waals surface area (Å²) in [6, 6.07) is 1.64. The third kappa shape index (κ3) is 3.87. The van der Waals surface area contributed by atoms with E-state index in [2.05, 4.69) is 16.9 Å². The SMILES string of the molecule is COCC1(C)CN(c2nccc(COS(C)(=O)=O)n2)C1. The van der Waals surface area contributed by atoms with Crippen LogP contribution >= 0.6 is 0 Å². The van der Waals surface area contributed by atoms with Gasteiger partial charge in [-0.25, -0.2) is 9.97 Å². The summed E-state index contributed by atoms with van der Waals surface area (Å²) in [6.07, 6.45) is 2.62. The first-order chi connectivity index (χ1) is 9.31. The molecular formula is C12H19N3O4S. The standard InChI is InChI=1S/C12H19N3O4S/c1-12(9-18-2)7-15(8-12)11-13-5-4-10(14-11)6-19-20(3,16)17/h4-5H,6-9H2,1-3H3. The summed E-state index contributed by atoms with van der Waals surface area (Å²) in [6.45, 7) is 4.40. The Hall–Kier alpha value is -1.25. The van der Waals surface area contributed by atoms with E-state index in [1.54, 1.807) is 19.4 Å². The minimum Gasteiger partial charge on any atom is -0.384 e. The highest BCUT2D eigenvalue weighted by atomic mass is 32.2. The summed E-state index contributed by atoms with van der Waals surface area (Å²) < 4.78 is 31.8. The Balaban J connectivity index is 1.98. The van der Waals surface area contributed by atoms with Crippen molar-refractivity contribution in [3.05, 3.63) is 18.0 Å². The van der Waals surface area contributed by atoms with Crippen LogP contribution in [-0.4, -0.2) is 51.4 Å². The highest BCUT2D eigenvalue weighted by Gasteiger charge is 2.40. The summed E-state index contributed by atoms with van der Waals surface area (Å²) >= 11 is 0. The minimum absolute atomic E-state index is 0.0719. The molecule has 112 valence electrons. The number of ether oxygens (including phenoxy) is 1. The summed E-state index contributed by atoms with van der Waals surface area (Å²) in [5.41, 5.74) is 0.665. The van der Waals surface area contributed by atoms with Crippen molar-refractivity contribution in [2.75, 3.05) is 38.0 Å². The molecule has 0 spiro atoms. The van der Waals surface area contributed by atoms with Crippen molar-refractivity contribution in [3.63, 3.8) is 0 Å². The lowest BCUT2D eigenvalue weighted by molar-refractivity contribution is 0.0692. The molecule has 2 rings (SSSR count). The Kier molecular flexibility index (Phi) is 4.26. The Morgan fingerprint density at radius 2 is 2.15 bits per heavy atom. The molecule has 0 atom stereocenters. The molecule has 0 amide bonds. The second kappa shape index (κ2) is 5.63. The Morgan fingerprint density at radius 3 is 2.75 bits per heavy atom. The minimum atomic E-state index is -3.46. The Bertz CT molecular complexity index is 570. The fraction of sp³-hybridized carbons (Fsp3) is 0.667. The lowest BCUT2D eigenvalue weighted by atomic mass is 9.83. The zero-order chi connectivity index (χ0) is 14.8. The lowest BCUT2D eigenvalue weighted by Crippen LogP contribution is -2.57. The van der Waals surface area contributed by atoms with E-state index in [0.29, 0.717) is 18.2 Å². The van der Waals surface area contributed by atoms with Crippen LogP contribution in [0.4, 0.5) is 5.95 Å². The van der Waals surface area contributed by atoms with Crippen LogP contribution in [0.25, 0.3) is 0 Å². The van der Waals surface area contributed by atoms with Crippen molar-refractivity contribution in [2.24, 2.45) is 5.41 Å². The van der Waals surface area contributed by atoms with Crippen LogP contribution in [0.1, 0.15) is 12.6 Å². The van der Waals surface area contributed by atoms with Crippen LogP contribution in [0.3, 0.4) is 0 Å². The van der Waals surface area contributed by atoms with Gasteiger partial charge in [0.15, 0.2) is 0 Å². The van der Waals surface area contributed by atoms with Gasteiger partial charge in [-0.3, -0.25) is 4.18 Å². The van der Waals surface area contributed by atoms with Gasteiger partial charge in [0.05, 0.1) is 18.6 Å². The molecule has 0 aliphatic carbocycles. The molecule has 1 aromatic rings. The van der Waals surface area contributed by atoms with Gasteiger partial charge in [-0.2, -0.15) is 8.42 Å². The summed E-state index contributed by atoms with van der Waals surface area (Å²) in [5, 5.41) is 0. The molecular weight excluding hydrogens is 282 g/mol. The maximum Gasteiger partial charge on any atom is 0.264 e. The molecule has 0 aromatic carbocycles.